The topological polar surface area (TPSA) is 40.5 Å². The summed E-state index contributed by atoms with van der Waals surface area (Å²) in [5.74, 6) is 1.79. The molecule has 0 radical (unpaired) electrons. The molecule has 0 heterocycles. The van der Waals surface area contributed by atoms with E-state index in [2.05, 4.69) is 26.8 Å². The molecule has 0 aliphatic heterocycles. The molecular weight excluding hydrogens is 272 g/mol. The Morgan fingerprint density at radius 2 is 1.95 bits per heavy atom. The van der Waals surface area contributed by atoms with E-state index in [0.717, 1.165) is 18.8 Å². The molecule has 4 aliphatic carbocycles. The van der Waals surface area contributed by atoms with Crippen LogP contribution in [-0.4, -0.2) is 22.9 Å². The Morgan fingerprint density at radius 1 is 1.18 bits per heavy atom. The highest BCUT2D eigenvalue weighted by Crippen LogP contribution is 2.70. The summed E-state index contributed by atoms with van der Waals surface area (Å²) < 4.78 is 0. The molecule has 2 bridgehead atoms. The van der Waals surface area contributed by atoms with E-state index in [0.29, 0.717) is 17.3 Å². The lowest BCUT2D eigenvalue weighted by Gasteiger charge is -2.65. The minimum absolute atomic E-state index is 0.00377. The van der Waals surface area contributed by atoms with Gasteiger partial charge >= 0.3 is 0 Å². The van der Waals surface area contributed by atoms with E-state index in [9.17, 15) is 10.2 Å². The highest BCUT2D eigenvalue weighted by molar-refractivity contribution is 5.29. The fourth-order valence-corrected chi connectivity index (χ4v) is 7.43. The monoisotopic (exact) mass is 304 g/mol. The van der Waals surface area contributed by atoms with Crippen LogP contribution in [0.3, 0.4) is 0 Å². The summed E-state index contributed by atoms with van der Waals surface area (Å²) in [6, 6.07) is 0. The third-order valence-electron chi connectivity index (χ3n) is 8.53. The van der Waals surface area contributed by atoms with Gasteiger partial charge in [0.25, 0.3) is 0 Å². The van der Waals surface area contributed by atoms with Crippen LogP contribution in [-0.2, 0) is 0 Å². The van der Waals surface area contributed by atoms with Crippen LogP contribution < -0.4 is 0 Å². The molecule has 0 amide bonds. The standard InChI is InChI=1S/C20H32O2/c1-13-10-20-11-14(13)5-6-15(20)19(3)8-4-7-18(2,12-21)16(19)9-17(20)22/h10,14-17,21-22H,4-9,11-12H2,1-3H3/t14-,15+,16-,17+,18-,19+,20+/m1/s1. The summed E-state index contributed by atoms with van der Waals surface area (Å²) in [6.45, 7) is 7.31. The Hall–Kier alpha value is -0.340. The maximum Gasteiger partial charge on any atom is 0.0637 e. The Bertz CT molecular complexity index is 512. The van der Waals surface area contributed by atoms with Crippen molar-refractivity contribution in [3.63, 3.8) is 0 Å². The average molecular weight is 304 g/mol. The van der Waals surface area contributed by atoms with Crippen LogP contribution in [0.15, 0.2) is 11.6 Å². The van der Waals surface area contributed by atoms with Crippen molar-refractivity contribution in [2.45, 2.75) is 71.8 Å². The van der Waals surface area contributed by atoms with Gasteiger partial charge in [-0.15, -0.1) is 0 Å². The number of aliphatic hydroxyl groups is 2. The van der Waals surface area contributed by atoms with Crippen molar-refractivity contribution in [1.82, 2.24) is 0 Å². The summed E-state index contributed by atoms with van der Waals surface area (Å²) in [7, 11) is 0. The third kappa shape index (κ3) is 1.69. The Balaban J connectivity index is 1.80. The van der Waals surface area contributed by atoms with E-state index < -0.39 is 0 Å². The summed E-state index contributed by atoms with van der Waals surface area (Å²) in [4.78, 5) is 0. The van der Waals surface area contributed by atoms with Crippen molar-refractivity contribution < 1.29 is 10.2 Å². The van der Waals surface area contributed by atoms with Crippen molar-refractivity contribution >= 4 is 0 Å². The molecule has 2 heteroatoms. The molecule has 7 atom stereocenters. The van der Waals surface area contributed by atoms with Gasteiger partial charge in [-0.3, -0.25) is 0 Å². The maximum atomic E-state index is 11.2. The van der Waals surface area contributed by atoms with Gasteiger partial charge < -0.3 is 10.2 Å². The first-order valence-corrected chi connectivity index (χ1v) is 9.34. The van der Waals surface area contributed by atoms with Crippen molar-refractivity contribution in [2.75, 3.05) is 6.61 Å². The molecule has 2 N–H and O–H groups in total. The lowest BCUT2D eigenvalue weighted by Crippen LogP contribution is -2.61. The van der Waals surface area contributed by atoms with Gasteiger partial charge in [0.15, 0.2) is 0 Å². The van der Waals surface area contributed by atoms with Crippen LogP contribution in [0.25, 0.3) is 0 Å². The van der Waals surface area contributed by atoms with Crippen LogP contribution in [0.1, 0.15) is 65.7 Å². The number of fused-ring (bicyclic) bond motifs is 3. The highest BCUT2D eigenvalue weighted by Gasteiger charge is 2.65. The molecule has 124 valence electrons. The first-order valence-electron chi connectivity index (χ1n) is 9.34. The van der Waals surface area contributed by atoms with E-state index >= 15 is 0 Å². The second-order valence-electron chi connectivity index (χ2n) is 9.51. The lowest BCUT2D eigenvalue weighted by atomic mass is 9.40. The quantitative estimate of drug-likeness (QED) is 0.721. The molecule has 3 saturated carbocycles. The number of hydrogen-bond donors (Lipinski definition) is 2. The zero-order valence-corrected chi connectivity index (χ0v) is 14.4. The smallest absolute Gasteiger partial charge is 0.0637 e. The van der Waals surface area contributed by atoms with E-state index in [1.807, 2.05) is 0 Å². The molecule has 0 aromatic carbocycles. The molecule has 1 spiro atoms. The van der Waals surface area contributed by atoms with Crippen LogP contribution in [0.4, 0.5) is 0 Å². The second kappa shape index (κ2) is 4.60. The SMILES string of the molecule is CC1=C[C@]23C[C@H]1CC[C@H]2[C@]1(C)CCC[C@](C)(CO)[C@H]1C[C@@H]3O. The summed E-state index contributed by atoms with van der Waals surface area (Å²) in [5, 5.41) is 21.2. The molecule has 0 aromatic heterocycles. The molecule has 4 rings (SSSR count). The van der Waals surface area contributed by atoms with Gasteiger partial charge in [-0.25, -0.2) is 0 Å². The minimum atomic E-state index is -0.209. The predicted molar refractivity (Wildman–Crippen MR) is 88.3 cm³/mol. The van der Waals surface area contributed by atoms with Gasteiger partial charge in [-0.05, 0) is 74.0 Å². The summed E-state index contributed by atoms with van der Waals surface area (Å²) in [5.41, 5.74) is 1.88. The molecule has 3 fully saturated rings. The molecular formula is C20H32O2. The van der Waals surface area contributed by atoms with Gasteiger partial charge in [0.2, 0.25) is 0 Å². The van der Waals surface area contributed by atoms with Gasteiger partial charge in [0, 0.05) is 12.0 Å². The predicted octanol–water partition coefficient (Wildman–Crippen LogP) is 3.92. The van der Waals surface area contributed by atoms with Crippen LogP contribution in [0.2, 0.25) is 0 Å². The van der Waals surface area contributed by atoms with Crippen LogP contribution in [0, 0.1) is 34.0 Å². The largest absolute Gasteiger partial charge is 0.396 e. The first kappa shape index (κ1) is 15.2. The molecule has 0 saturated heterocycles. The van der Waals surface area contributed by atoms with E-state index in [-0.39, 0.29) is 23.5 Å². The van der Waals surface area contributed by atoms with Crippen LogP contribution in [0.5, 0.6) is 0 Å². The van der Waals surface area contributed by atoms with E-state index in [1.165, 1.54) is 37.7 Å². The lowest BCUT2D eigenvalue weighted by molar-refractivity contribution is -0.193. The third-order valence-corrected chi connectivity index (χ3v) is 8.53. The Labute approximate surface area is 135 Å². The normalized spacial score (nSPS) is 57.0. The second-order valence-corrected chi connectivity index (χ2v) is 9.51. The number of hydrogen-bond acceptors (Lipinski definition) is 2. The highest BCUT2D eigenvalue weighted by atomic mass is 16.3. The van der Waals surface area contributed by atoms with E-state index in [1.54, 1.807) is 0 Å². The van der Waals surface area contributed by atoms with Gasteiger partial charge in [-0.1, -0.05) is 31.9 Å². The molecule has 0 unspecified atom stereocenters. The minimum Gasteiger partial charge on any atom is -0.396 e. The summed E-state index contributed by atoms with van der Waals surface area (Å²) >= 11 is 0. The van der Waals surface area contributed by atoms with E-state index in [4.69, 9.17) is 0 Å². The van der Waals surface area contributed by atoms with Crippen molar-refractivity contribution in [3.05, 3.63) is 11.6 Å². The van der Waals surface area contributed by atoms with Crippen molar-refractivity contribution in [3.8, 4) is 0 Å². The Morgan fingerprint density at radius 3 is 2.68 bits per heavy atom. The van der Waals surface area contributed by atoms with Gasteiger partial charge in [-0.2, -0.15) is 0 Å². The Kier molecular flexibility index (Phi) is 3.18. The van der Waals surface area contributed by atoms with Crippen molar-refractivity contribution in [1.29, 1.82) is 0 Å². The van der Waals surface area contributed by atoms with Gasteiger partial charge in [0.05, 0.1) is 6.10 Å². The summed E-state index contributed by atoms with van der Waals surface area (Å²) in [6.07, 6.45) is 10.6. The van der Waals surface area contributed by atoms with Crippen LogP contribution >= 0.6 is 0 Å². The fourth-order valence-electron chi connectivity index (χ4n) is 7.43. The number of rotatable bonds is 1. The number of aliphatic hydroxyl groups excluding tert-OH is 2. The zero-order chi connectivity index (χ0) is 15.8. The molecule has 0 aromatic rings. The zero-order valence-electron chi connectivity index (χ0n) is 14.4. The molecule has 22 heavy (non-hydrogen) atoms. The first-order chi connectivity index (χ1) is 10.4. The maximum absolute atomic E-state index is 11.2. The molecule has 2 nitrogen and oxygen atoms in total. The fraction of sp³-hybridized carbons (Fsp3) is 0.900. The van der Waals surface area contributed by atoms with Crippen molar-refractivity contribution in [2.24, 2.45) is 34.0 Å². The van der Waals surface area contributed by atoms with Gasteiger partial charge in [0.1, 0.15) is 0 Å². The average Bonchev–Trinajstić information content (AvgIpc) is 2.73. The number of allylic oxidation sites excluding steroid dienone is 1. The molecule has 4 aliphatic rings.